The Morgan fingerprint density at radius 2 is 1.74 bits per heavy atom. The summed E-state index contributed by atoms with van der Waals surface area (Å²) in [5.41, 5.74) is 3.23. The Kier molecular flexibility index (Phi) is 6.37. The van der Waals surface area contributed by atoms with E-state index >= 15 is 0 Å². The van der Waals surface area contributed by atoms with Crippen molar-refractivity contribution in [2.45, 2.75) is 39.3 Å². The van der Waals surface area contributed by atoms with Crippen LogP contribution in [-0.4, -0.2) is 11.9 Å². The third-order valence-electron chi connectivity index (χ3n) is 3.89. The van der Waals surface area contributed by atoms with Crippen molar-refractivity contribution in [3.05, 3.63) is 64.1 Å². The third kappa shape index (κ3) is 4.91. The lowest BCUT2D eigenvalue weighted by Gasteiger charge is -2.21. The first kappa shape index (κ1) is 17.7. The maximum Gasteiger partial charge on any atom is 0.241 e. The molecule has 0 unspecified atom stereocenters. The van der Waals surface area contributed by atoms with E-state index in [0.717, 1.165) is 22.1 Å². The fourth-order valence-electron chi connectivity index (χ4n) is 2.44. The Labute approximate surface area is 146 Å². The molecule has 0 spiro atoms. The lowest BCUT2D eigenvalue weighted by Crippen LogP contribution is -2.39. The summed E-state index contributed by atoms with van der Waals surface area (Å²) in [6, 6.07) is 15.8. The summed E-state index contributed by atoms with van der Waals surface area (Å²) in [6.07, 6.45) is 0.996. The molecule has 2 aromatic carbocycles. The van der Waals surface area contributed by atoms with E-state index in [9.17, 15) is 4.79 Å². The monoisotopic (exact) mass is 374 g/mol. The summed E-state index contributed by atoms with van der Waals surface area (Å²) < 4.78 is 1.04. The molecule has 122 valence electrons. The maximum atomic E-state index is 12.3. The molecule has 0 heterocycles. The second kappa shape index (κ2) is 8.27. The van der Waals surface area contributed by atoms with Gasteiger partial charge in [0.15, 0.2) is 0 Å². The average molecular weight is 375 g/mol. The van der Waals surface area contributed by atoms with Crippen molar-refractivity contribution >= 4 is 27.5 Å². The smallest absolute Gasteiger partial charge is 0.241 e. The lowest BCUT2D eigenvalue weighted by molar-refractivity contribution is -0.117. The van der Waals surface area contributed by atoms with E-state index in [1.807, 2.05) is 49.4 Å². The minimum Gasteiger partial charge on any atom is -0.325 e. The summed E-state index contributed by atoms with van der Waals surface area (Å²) in [6.45, 7) is 6.05. The zero-order valence-corrected chi connectivity index (χ0v) is 15.4. The zero-order chi connectivity index (χ0) is 16.8. The highest BCUT2D eigenvalue weighted by Gasteiger charge is 2.17. The quantitative estimate of drug-likeness (QED) is 0.769. The number of hydrogen-bond acceptors (Lipinski definition) is 2. The van der Waals surface area contributed by atoms with Crippen molar-refractivity contribution in [2.75, 3.05) is 5.32 Å². The van der Waals surface area contributed by atoms with Gasteiger partial charge in [0.05, 0.1) is 6.04 Å². The van der Waals surface area contributed by atoms with Gasteiger partial charge in [-0.15, -0.1) is 0 Å². The normalized spacial score (nSPS) is 13.4. The number of carbonyl (C=O) groups is 1. The topological polar surface area (TPSA) is 41.1 Å². The number of benzene rings is 2. The molecule has 2 atom stereocenters. The predicted octanol–water partition coefficient (Wildman–Crippen LogP) is 4.69. The Morgan fingerprint density at radius 1 is 1.09 bits per heavy atom. The van der Waals surface area contributed by atoms with E-state index in [4.69, 9.17) is 0 Å². The van der Waals surface area contributed by atoms with Crippen molar-refractivity contribution in [3.63, 3.8) is 0 Å². The molecule has 0 radical (unpaired) electrons. The van der Waals surface area contributed by atoms with Gasteiger partial charge >= 0.3 is 0 Å². The Hall–Kier alpha value is -1.65. The highest BCUT2D eigenvalue weighted by atomic mass is 79.9. The summed E-state index contributed by atoms with van der Waals surface area (Å²) in [5, 5.41) is 6.29. The van der Waals surface area contributed by atoms with E-state index in [1.165, 1.54) is 5.56 Å². The molecule has 0 fully saturated rings. The molecule has 0 aromatic heterocycles. The van der Waals surface area contributed by atoms with E-state index in [2.05, 4.69) is 46.5 Å². The van der Waals surface area contributed by atoms with Crippen LogP contribution in [0.5, 0.6) is 0 Å². The van der Waals surface area contributed by atoms with Crippen molar-refractivity contribution in [1.82, 2.24) is 5.32 Å². The fraction of sp³-hybridized carbons (Fsp3) is 0.316. The Bertz CT molecular complexity index is 655. The highest BCUT2D eigenvalue weighted by molar-refractivity contribution is 9.10. The van der Waals surface area contributed by atoms with Crippen LogP contribution in [0.25, 0.3) is 0 Å². The van der Waals surface area contributed by atoms with E-state index < -0.39 is 0 Å². The van der Waals surface area contributed by atoms with Crippen molar-refractivity contribution in [2.24, 2.45) is 0 Å². The van der Waals surface area contributed by atoms with Crippen LogP contribution in [0.15, 0.2) is 53.0 Å². The van der Waals surface area contributed by atoms with Gasteiger partial charge in [-0.1, -0.05) is 53.2 Å². The van der Waals surface area contributed by atoms with E-state index in [0.29, 0.717) is 0 Å². The van der Waals surface area contributed by atoms with E-state index in [1.54, 1.807) is 0 Å². The second-order valence-corrected chi connectivity index (χ2v) is 6.53. The van der Waals surface area contributed by atoms with Gasteiger partial charge in [0, 0.05) is 16.2 Å². The maximum absolute atomic E-state index is 12.3. The molecule has 2 N–H and O–H groups in total. The van der Waals surface area contributed by atoms with Gasteiger partial charge < -0.3 is 5.32 Å². The molecule has 1 amide bonds. The van der Waals surface area contributed by atoms with Gasteiger partial charge in [0.1, 0.15) is 0 Å². The summed E-state index contributed by atoms with van der Waals surface area (Å²) in [4.78, 5) is 12.3. The van der Waals surface area contributed by atoms with Gasteiger partial charge in [-0.05, 0) is 49.6 Å². The van der Waals surface area contributed by atoms with Gasteiger partial charge in [0.2, 0.25) is 5.91 Å². The standard InChI is InChI=1S/C19H23BrN2O/c1-4-15-9-11-16(12-10-15)22-19(23)14(3)21-13(2)17-7-5-6-8-18(17)20/h5-14,21H,4H2,1-3H3,(H,22,23)/t13-,14-/m1/s1. The van der Waals surface area contributed by atoms with Crippen LogP contribution in [0.3, 0.4) is 0 Å². The van der Waals surface area contributed by atoms with Crippen LogP contribution in [0.1, 0.15) is 37.9 Å². The zero-order valence-electron chi connectivity index (χ0n) is 13.8. The fourth-order valence-corrected chi connectivity index (χ4v) is 3.07. The first-order valence-corrected chi connectivity index (χ1v) is 8.70. The largest absolute Gasteiger partial charge is 0.325 e. The summed E-state index contributed by atoms with van der Waals surface area (Å²) in [7, 11) is 0. The molecule has 4 heteroatoms. The van der Waals surface area contributed by atoms with Crippen molar-refractivity contribution < 1.29 is 4.79 Å². The number of anilines is 1. The van der Waals surface area contributed by atoms with Crippen LogP contribution < -0.4 is 10.6 Å². The summed E-state index contributed by atoms with van der Waals surface area (Å²) >= 11 is 3.55. The first-order chi connectivity index (χ1) is 11.0. The molecule has 3 nitrogen and oxygen atoms in total. The highest BCUT2D eigenvalue weighted by Crippen LogP contribution is 2.23. The lowest BCUT2D eigenvalue weighted by atomic mass is 10.1. The minimum atomic E-state index is -0.289. The van der Waals surface area contributed by atoms with Gasteiger partial charge in [0.25, 0.3) is 0 Å². The molecular weight excluding hydrogens is 352 g/mol. The average Bonchev–Trinajstić information content (AvgIpc) is 2.55. The van der Waals surface area contributed by atoms with Gasteiger partial charge in [-0.3, -0.25) is 10.1 Å². The number of aryl methyl sites for hydroxylation is 1. The molecule has 23 heavy (non-hydrogen) atoms. The van der Waals surface area contributed by atoms with Crippen LogP contribution in [0, 0.1) is 0 Å². The second-order valence-electron chi connectivity index (χ2n) is 5.67. The third-order valence-corrected chi connectivity index (χ3v) is 4.62. The van der Waals surface area contributed by atoms with Crippen LogP contribution in [-0.2, 0) is 11.2 Å². The van der Waals surface area contributed by atoms with Gasteiger partial charge in [-0.25, -0.2) is 0 Å². The van der Waals surface area contributed by atoms with Crippen LogP contribution in [0.4, 0.5) is 5.69 Å². The molecular formula is C19H23BrN2O. The SMILES string of the molecule is CCc1ccc(NC(=O)[C@@H](C)N[C@H](C)c2ccccc2Br)cc1. The summed E-state index contributed by atoms with van der Waals surface area (Å²) in [5.74, 6) is -0.0341. The molecule has 0 bridgehead atoms. The molecule has 0 saturated carbocycles. The number of nitrogens with one attached hydrogen (secondary N) is 2. The van der Waals surface area contributed by atoms with Crippen LogP contribution >= 0.6 is 15.9 Å². The van der Waals surface area contributed by atoms with Gasteiger partial charge in [-0.2, -0.15) is 0 Å². The first-order valence-electron chi connectivity index (χ1n) is 7.91. The van der Waals surface area contributed by atoms with Crippen molar-refractivity contribution in [1.29, 1.82) is 0 Å². The van der Waals surface area contributed by atoms with Crippen molar-refractivity contribution in [3.8, 4) is 0 Å². The Balaban J connectivity index is 1.95. The van der Waals surface area contributed by atoms with Crippen LogP contribution in [0.2, 0.25) is 0 Å². The number of rotatable bonds is 6. The molecule has 0 aliphatic heterocycles. The Morgan fingerprint density at radius 3 is 2.35 bits per heavy atom. The van der Waals surface area contributed by atoms with E-state index in [-0.39, 0.29) is 18.0 Å². The molecule has 0 aliphatic rings. The molecule has 0 saturated heterocycles. The minimum absolute atomic E-state index is 0.0341. The number of hydrogen-bond donors (Lipinski definition) is 2. The number of amides is 1. The number of halogens is 1. The molecule has 2 rings (SSSR count). The number of carbonyl (C=O) groups excluding carboxylic acids is 1. The molecule has 0 aliphatic carbocycles. The molecule has 2 aromatic rings. The predicted molar refractivity (Wildman–Crippen MR) is 99.6 cm³/mol.